The number of hydrogen-bond acceptors (Lipinski definition) is 8. The predicted octanol–water partition coefficient (Wildman–Crippen LogP) is 5.89. The van der Waals surface area contributed by atoms with E-state index in [0.717, 1.165) is 27.9 Å². The quantitative estimate of drug-likeness (QED) is 0.128. The number of non-ortho nitro benzene ring substituents is 1. The van der Waals surface area contributed by atoms with Gasteiger partial charge in [-0.05, 0) is 72.5 Å². The Kier molecular flexibility index (Phi) is 9.23. The molecule has 4 aromatic carbocycles. The second-order valence-electron chi connectivity index (χ2n) is 15.8. The van der Waals surface area contributed by atoms with Crippen LogP contribution in [0.25, 0.3) is 0 Å². The van der Waals surface area contributed by atoms with Crippen LogP contribution in [0.3, 0.4) is 0 Å². The second-order valence-corrected chi connectivity index (χ2v) is 19.7. The van der Waals surface area contributed by atoms with Crippen LogP contribution >= 0.6 is 0 Å². The zero-order valence-electron chi connectivity index (χ0n) is 31.1. The molecule has 0 saturated carbocycles. The molecule has 1 fully saturated rings. The number of benzene rings is 4. The summed E-state index contributed by atoms with van der Waals surface area (Å²) in [6, 6.07) is 27.0. The first kappa shape index (κ1) is 36.7. The van der Waals surface area contributed by atoms with E-state index in [-0.39, 0.29) is 37.1 Å². The number of nitro groups is 1. The Bertz CT molecular complexity index is 2210. The zero-order valence-corrected chi connectivity index (χ0v) is 32.1. The van der Waals surface area contributed by atoms with Crippen molar-refractivity contribution in [3.8, 4) is 0 Å². The number of ether oxygens (including phenoxy) is 1. The fourth-order valence-corrected chi connectivity index (χ4v) is 12.1. The number of aryl methyl sites for hydroxylation is 1. The van der Waals surface area contributed by atoms with E-state index in [9.17, 15) is 29.6 Å². The van der Waals surface area contributed by atoms with Crippen LogP contribution in [0.1, 0.15) is 47.6 Å². The Hall–Kier alpha value is -5.21. The number of amides is 3. The van der Waals surface area contributed by atoms with Gasteiger partial charge in [-0.2, -0.15) is 0 Å². The fourth-order valence-electron chi connectivity index (χ4n) is 9.51. The van der Waals surface area contributed by atoms with Gasteiger partial charge in [0.05, 0.1) is 48.0 Å². The third-order valence-electron chi connectivity index (χ3n) is 12.1. The second kappa shape index (κ2) is 13.8. The van der Waals surface area contributed by atoms with Crippen LogP contribution < -0.4 is 9.80 Å². The van der Waals surface area contributed by atoms with E-state index in [1.807, 2.05) is 79.7 Å². The van der Waals surface area contributed by atoms with Gasteiger partial charge in [0.15, 0.2) is 13.9 Å². The molecule has 3 amide bonds. The molecule has 0 unspecified atom stereocenters. The number of nitro benzene ring substituents is 1. The molecule has 4 aliphatic heterocycles. The van der Waals surface area contributed by atoms with Gasteiger partial charge in [0, 0.05) is 47.8 Å². The molecule has 13 heteroatoms. The molecule has 1 spiro atoms. The monoisotopic (exact) mass is 760 g/mol. The molecule has 0 bridgehead atoms. The normalized spacial score (nSPS) is 24.6. The van der Waals surface area contributed by atoms with E-state index in [1.165, 1.54) is 12.1 Å². The van der Waals surface area contributed by atoms with Crippen molar-refractivity contribution in [3.05, 3.63) is 129 Å². The first-order valence-corrected chi connectivity index (χ1v) is 21.8. The molecule has 55 heavy (non-hydrogen) atoms. The molecule has 12 nitrogen and oxygen atoms in total. The Morgan fingerprint density at radius 2 is 1.64 bits per heavy atom. The zero-order chi connectivity index (χ0) is 38.8. The molecule has 4 aromatic rings. The standard InChI is InChI=1S/C42H44N4O8Si/c1-26-40(55(2,3)53)37(22-39(49)43-24-30-10-5-4-9-29(30)20-33(43)25-47)54-42(26)34-21-32(46(51)52)17-18-36(34)44(41(42)50)23-27-12-15-31(16-13-27)45-35-11-7-6-8-28(35)14-19-38(45)48/h4-13,15-18,21,26,33,37,40,47,53H,14,19-20,22-25H2,1-3H3/t26-,33+,37+,40-,42+/m1/s1. The van der Waals surface area contributed by atoms with E-state index in [0.29, 0.717) is 42.7 Å². The lowest BCUT2D eigenvalue weighted by Gasteiger charge is -2.37. The molecule has 0 aliphatic carbocycles. The van der Waals surface area contributed by atoms with Crippen molar-refractivity contribution in [1.82, 2.24) is 4.90 Å². The average molecular weight is 761 g/mol. The minimum atomic E-state index is -3.16. The van der Waals surface area contributed by atoms with Crippen LogP contribution in [0.2, 0.25) is 18.6 Å². The van der Waals surface area contributed by atoms with Gasteiger partial charge in [-0.15, -0.1) is 0 Å². The minimum absolute atomic E-state index is 0.000867. The van der Waals surface area contributed by atoms with E-state index in [2.05, 4.69) is 0 Å². The SMILES string of the molecule is C[C@@H]1[C@@H]([Si](C)(C)O)[C@H](CC(=O)N2Cc3ccccc3C[C@H]2CO)O[C@@]12C(=O)N(Cc1ccc(N3C(=O)CCc4ccccc43)cc1)c1ccc([N+](=O)[O-])cc12. The van der Waals surface area contributed by atoms with Crippen molar-refractivity contribution in [2.45, 2.75) is 82.1 Å². The van der Waals surface area contributed by atoms with Gasteiger partial charge in [-0.3, -0.25) is 29.4 Å². The summed E-state index contributed by atoms with van der Waals surface area (Å²) in [4.78, 5) is 70.6. The third-order valence-corrected chi connectivity index (χ3v) is 14.6. The van der Waals surface area contributed by atoms with Crippen molar-refractivity contribution < 1.29 is 33.9 Å². The van der Waals surface area contributed by atoms with Crippen molar-refractivity contribution in [2.24, 2.45) is 5.92 Å². The number of nitrogens with zero attached hydrogens (tertiary/aromatic N) is 4. The van der Waals surface area contributed by atoms with E-state index < -0.39 is 48.4 Å². The van der Waals surface area contributed by atoms with Crippen molar-refractivity contribution in [1.29, 1.82) is 0 Å². The molecule has 2 N–H and O–H groups in total. The lowest BCUT2D eigenvalue weighted by molar-refractivity contribution is -0.385. The lowest BCUT2D eigenvalue weighted by Crippen LogP contribution is -2.48. The highest BCUT2D eigenvalue weighted by Crippen LogP contribution is 2.60. The van der Waals surface area contributed by atoms with Crippen LogP contribution in [0.4, 0.5) is 22.7 Å². The average Bonchev–Trinajstić information content (AvgIpc) is 3.60. The first-order chi connectivity index (χ1) is 26.3. The highest BCUT2D eigenvalue weighted by atomic mass is 28.4. The van der Waals surface area contributed by atoms with Gasteiger partial charge in [0.1, 0.15) is 0 Å². The smallest absolute Gasteiger partial charge is 0.269 e. The maximum absolute atomic E-state index is 15.0. The van der Waals surface area contributed by atoms with Crippen molar-refractivity contribution in [2.75, 3.05) is 16.4 Å². The van der Waals surface area contributed by atoms with Crippen LogP contribution in [-0.2, 0) is 50.7 Å². The van der Waals surface area contributed by atoms with Crippen LogP contribution in [-0.4, -0.2) is 64.5 Å². The largest absolute Gasteiger partial charge is 0.432 e. The molecular formula is C42H44N4O8Si. The van der Waals surface area contributed by atoms with Crippen LogP contribution in [0.15, 0.2) is 91.0 Å². The minimum Gasteiger partial charge on any atom is -0.432 e. The Balaban J connectivity index is 1.12. The van der Waals surface area contributed by atoms with Crippen molar-refractivity contribution >= 4 is 48.8 Å². The molecule has 8 rings (SSSR count). The maximum atomic E-state index is 15.0. The summed E-state index contributed by atoms with van der Waals surface area (Å²) in [6.07, 6.45) is 0.581. The number of aliphatic hydroxyl groups is 1. The summed E-state index contributed by atoms with van der Waals surface area (Å²) in [5, 5.41) is 22.4. The topological polar surface area (TPSA) is 154 Å². The number of carbonyl (C=O) groups is 3. The highest BCUT2D eigenvalue weighted by molar-refractivity contribution is 6.71. The van der Waals surface area contributed by atoms with Crippen molar-refractivity contribution in [3.63, 3.8) is 0 Å². The van der Waals surface area contributed by atoms with Gasteiger partial charge in [0.2, 0.25) is 11.8 Å². The van der Waals surface area contributed by atoms with Gasteiger partial charge < -0.3 is 24.4 Å². The number of carbonyl (C=O) groups excluding carboxylic acids is 3. The van der Waals surface area contributed by atoms with Gasteiger partial charge >= 0.3 is 0 Å². The summed E-state index contributed by atoms with van der Waals surface area (Å²) in [5.74, 6) is -1.32. The number of anilines is 3. The Morgan fingerprint density at radius 1 is 0.945 bits per heavy atom. The van der Waals surface area contributed by atoms with Crippen LogP contribution in [0.5, 0.6) is 0 Å². The molecule has 0 aromatic heterocycles. The molecule has 4 heterocycles. The number of rotatable bonds is 8. The van der Waals surface area contributed by atoms with Gasteiger partial charge in [-0.25, -0.2) is 0 Å². The summed E-state index contributed by atoms with van der Waals surface area (Å²) in [6.45, 7) is 5.58. The first-order valence-electron chi connectivity index (χ1n) is 18.8. The fraction of sp³-hybridized carbons (Fsp3) is 0.357. The third kappa shape index (κ3) is 6.15. The molecule has 4 aliphatic rings. The molecule has 1 saturated heterocycles. The molecular weight excluding hydrogens is 717 g/mol. The van der Waals surface area contributed by atoms with E-state index in [4.69, 9.17) is 4.74 Å². The maximum Gasteiger partial charge on any atom is 0.269 e. The predicted molar refractivity (Wildman–Crippen MR) is 208 cm³/mol. The number of aliphatic hydroxyl groups excluding tert-OH is 1. The number of para-hydroxylation sites is 1. The Morgan fingerprint density at radius 3 is 2.33 bits per heavy atom. The molecule has 284 valence electrons. The summed E-state index contributed by atoms with van der Waals surface area (Å²) < 4.78 is 6.85. The number of hydrogen-bond donors (Lipinski definition) is 2. The highest BCUT2D eigenvalue weighted by Gasteiger charge is 2.67. The lowest BCUT2D eigenvalue weighted by atomic mass is 9.82. The van der Waals surface area contributed by atoms with E-state index in [1.54, 1.807) is 33.9 Å². The summed E-state index contributed by atoms with van der Waals surface area (Å²) in [7, 11) is -3.16. The van der Waals surface area contributed by atoms with Gasteiger partial charge in [-0.1, -0.05) is 61.5 Å². The summed E-state index contributed by atoms with van der Waals surface area (Å²) >= 11 is 0. The van der Waals surface area contributed by atoms with Gasteiger partial charge in [0.25, 0.3) is 11.6 Å². The molecule has 5 atom stereocenters. The van der Waals surface area contributed by atoms with E-state index >= 15 is 4.79 Å². The number of fused-ring (bicyclic) bond motifs is 4. The van der Waals surface area contributed by atoms with Crippen LogP contribution in [0, 0.1) is 16.0 Å². The summed E-state index contributed by atoms with van der Waals surface area (Å²) in [5.41, 5.74) is 3.81. The Labute approximate surface area is 320 Å². The molecule has 0 radical (unpaired) electrons.